The number of non-ortho nitro benzene ring substituents is 1. The monoisotopic (exact) mass is 465 g/mol. The number of nitro benzene ring substituents is 1. The maximum Gasteiger partial charge on any atom is 0.282 e. The van der Waals surface area contributed by atoms with Crippen LogP contribution in [0.25, 0.3) is 5.57 Å². The molecule has 0 saturated carbocycles. The number of carbonyl (C=O) groups is 2. The number of imide groups is 1. The molecule has 1 aliphatic rings. The van der Waals surface area contributed by atoms with Gasteiger partial charge in [-0.15, -0.1) is 0 Å². The van der Waals surface area contributed by atoms with Gasteiger partial charge in [-0.1, -0.05) is 6.07 Å². The molecule has 0 radical (unpaired) electrons. The standard InChI is InChI=1S/C24H17F2N3O5/c1-2-34-18-5-3-4-16(13-18)27-22-21(14-6-9-17(10-7-14)29(32)33)23(30)28(24(22)31)20-12-15(25)8-11-19(20)26/h3-13,27H,2H2,1H3. The summed E-state index contributed by atoms with van der Waals surface area (Å²) in [4.78, 5) is 37.6. The number of benzene rings is 3. The molecule has 1 aliphatic heterocycles. The summed E-state index contributed by atoms with van der Waals surface area (Å²) in [6, 6.07) is 14.0. The van der Waals surface area contributed by atoms with Crippen LogP contribution in [-0.4, -0.2) is 23.3 Å². The minimum absolute atomic E-state index is 0.148. The Kier molecular flexibility index (Phi) is 6.05. The number of hydrogen-bond donors (Lipinski definition) is 1. The smallest absolute Gasteiger partial charge is 0.282 e. The number of nitrogens with one attached hydrogen (secondary N) is 1. The fourth-order valence-electron chi connectivity index (χ4n) is 3.51. The van der Waals surface area contributed by atoms with Crippen LogP contribution in [0.5, 0.6) is 5.75 Å². The molecule has 0 aliphatic carbocycles. The number of halogens is 2. The van der Waals surface area contributed by atoms with Gasteiger partial charge in [0.15, 0.2) is 0 Å². The lowest BCUT2D eigenvalue weighted by atomic mass is 10.0. The van der Waals surface area contributed by atoms with Crippen LogP contribution in [0.4, 0.5) is 25.8 Å². The molecular formula is C24H17F2N3O5. The van der Waals surface area contributed by atoms with Crippen molar-refractivity contribution in [1.29, 1.82) is 0 Å². The number of nitrogens with zero attached hydrogens (tertiary/aromatic N) is 2. The molecule has 1 N–H and O–H groups in total. The van der Waals surface area contributed by atoms with E-state index in [1.165, 1.54) is 24.3 Å². The van der Waals surface area contributed by atoms with Crippen molar-refractivity contribution in [3.05, 3.63) is 99.7 Å². The van der Waals surface area contributed by atoms with Crippen LogP contribution in [0.3, 0.4) is 0 Å². The number of rotatable bonds is 7. The van der Waals surface area contributed by atoms with E-state index < -0.39 is 34.1 Å². The van der Waals surface area contributed by atoms with E-state index in [9.17, 15) is 28.5 Å². The Labute approximate surface area is 192 Å². The number of ether oxygens (including phenoxy) is 1. The van der Waals surface area contributed by atoms with Crippen LogP contribution in [0, 0.1) is 21.7 Å². The molecule has 0 unspecified atom stereocenters. The summed E-state index contributed by atoms with van der Waals surface area (Å²) in [6.07, 6.45) is 0. The summed E-state index contributed by atoms with van der Waals surface area (Å²) in [5.41, 5.74) is -0.515. The summed E-state index contributed by atoms with van der Waals surface area (Å²) >= 11 is 0. The largest absolute Gasteiger partial charge is 0.494 e. The van der Waals surface area contributed by atoms with Gasteiger partial charge >= 0.3 is 0 Å². The van der Waals surface area contributed by atoms with Gasteiger partial charge in [0.2, 0.25) is 0 Å². The maximum atomic E-state index is 14.5. The predicted molar refractivity (Wildman–Crippen MR) is 120 cm³/mol. The van der Waals surface area contributed by atoms with Crippen molar-refractivity contribution in [3.8, 4) is 5.75 Å². The van der Waals surface area contributed by atoms with E-state index in [4.69, 9.17) is 4.74 Å². The molecule has 172 valence electrons. The predicted octanol–water partition coefficient (Wildman–Crippen LogP) is 4.67. The van der Waals surface area contributed by atoms with Crippen LogP contribution >= 0.6 is 0 Å². The average Bonchev–Trinajstić information content (AvgIpc) is 3.05. The van der Waals surface area contributed by atoms with E-state index in [1.54, 1.807) is 31.2 Å². The quantitative estimate of drug-likeness (QED) is 0.309. The molecule has 0 saturated heterocycles. The van der Waals surface area contributed by atoms with Gasteiger partial charge in [0.05, 0.1) is 22.8 Å². The highest BCUT2D eigenvalue weighted by molar-refractivity contribution is 6.46. The van der Waals surface area contributed by atoms with Crippen LogP contribution in [0.1, 0.15) is 12.5 Å². The molecule has 1 heterocycles. The van der Waals surface area contributed by atoms with Gasteiger partial charge in [-0.3, -0.25) is 19.7 Å². The Hall–Kier alpha value is -4.60. The van der Waals surface area contributed by atoms with E-state index in [1.807, 2.05) is 0 Å². The van der Waals surface area contributed by atoms with Crippen molar-refractivity contribution in [2.45, 2.75) is 6.92 Å². The van der Waals surface area contributed by atoms with Crippen molar-refractivity contribution < 1.29 is 28.0 Å². The second-order valence-corrected chi connectivity index (χ2v) is 7.18. The number of hydrogen-bond acceptors (Lipinski definition) is 6. The first-order chi connectivity index (χ1) is 16.3. The molecular weight excluding hydrogens is 448 g/mol. The Morgan fingerprint density at radius 3 is 2.41 bits per heavy atom. The Morgan fingerprint density at radius 1 is 1.00 bits per heavy atom. The van der Waals surface area contributed by atoms with Crippen molar-refractivity contribution >= 4 is 34.4 Å². The van der Waals surface area contributed by atoms with Gasteiger partial charge in [0, 0.05) is 30.0 Å². The van der Waals surface area contributed by atoms with Crippen molar-refractivity contribution in [1.82, 2.24) is 0 Å². The summed E-state index contributed by atoms with van der Waals surface area (Å²) in [7, 11) is 0. The maximum absolute atomic E-state index is 14.5. The third-order valence-corrected chi connectivity index (χ3v) is 5.01. The molecule has 3 aromatic carbocycles. The lowest BCUT2D eigenvalue weighted by Crippen LogP contribution is -2.33. The number of amides is 2. The first-order valence-corrected chi connectivity index (χ1v) is 10.1. The van der Waals surface area contributed by atoms with Crippen LogP contribution in [-0.2, 0) is 9.59 Å². The van der Waals surface area contributed by atoms with Gasteiger partial charge in [-0.25, -0.2) is 13.7 Å². The number of anilines is 2. The molecule has 2 amide bonds. The van der Waals surface area contributed by atoms with E-state index in [0.29, 0.717) is 22.9 Å². The van der Waals surface area contributed by atoms with Crippen molar-refractivity contribution in [2.75, 3.05) is 16.8 Å². The Balaban J connectivity index is 1.83. The molecule has 0 aromatic heterocycles. The zero-order valence-electron chi connectivity index (χ0n) is 17.7. The molecule has 8 nitrogen and oxygen atoms in total. The second-order valence-electron chi connectivity index (χ2n) is 7.18. The summed E-state index contributed by atoms with van der Waals surface area (Å²) in [5.74, 6) is -3.11. The zero-order valence-corrected chi connectivity index (χ0v) is 17.7. The highest BCUT2D eigenvalue weighted by Gasteiger charge is 2.41. The molecule has 0 atom stereocenters. The first-order valence-electron chi connectivity index (χ1n) is 10.1. The van der Waals surface area contributed by atoms with E-state index in [2.05, 4.69) is 5.32 Å². The van der Waals surface area contributed by atoms with E-state index >= 15 is 0 Å². The third kappa shape index (κ3) is 4.20. The molecule has 0 fully saturated rings. The van der Waals surface area contributed by atoms with Crippen molar-refractivity contribution in [3.63, 3.8) is 0 Å². The first kappa shape index (κ1) is 22.6. The zero-order chi connectivity index (χ0) is 24.4. The third-order valence-electron chi connectivity index (χ3n) is 5.01. The normalized spacial score (nSPS) is 13.4. The van der Waals surface area contributed by atoms with Gasteiger partial charge in [-0.05, 0) is 48.9 Å². The number of carbonyl (C=O) groups excluding carboxylic acids is 2. The summed E-state index contributed by atoms with van der Waals surface area (Å²) in [5, 5.41) is 13.9. The van der Waals surface area contributed by atoms with E-state index in [0.717, 1.165) is 18.2 Å². The molecule has 4 rings (SSSR count). The highest BCUT2D eigenvalue weighted by atomic mass is 19.1. The molecule has 0 spiro atoms. The van der Waals surface area contributed by atoms with Gasteiger partial charge < -0.3 is 10.1 Å². The Morgan fingerprint density at radius 2 is 1.74 bits per heavy atom. The summed E-state index contributed by atoms with van der Waals surface area (Å²) in [6.45, 7) is 2.21. The molecule has 3 aromatic rings. The van der Waals surface area contributed by atoms with Crippen LogP contribution < -0.4 is 15.0 Å². The van der Waals surface area contributed by atoms with Crippen LogP contribution in [0.2, 0.25) is 0 Å². The highest BCUT2D eigenvalue weighted by Crippen LogP contribution is 2.36. The van der Waals surface area contributed by atoms with Crippen LogP contribution in [0.15, 0.2) is 72.4 Å². The minimum Gasteiger partial charge on any atom is -0.494 e. The minimum atomic E-state index is -0.967. The fraction of sp³-hybridized carbons (Fsp3) is 0.0833. The van der Waals surface area contributed by atoms with Gasteiger partial charge in [-0.2, -0.15) is 0 Å². The fourth-order valence-corrected chi connectivity index (χ4v) is 3.51. The number of nitro groups is 1. The molecule has 0 bridgehead atoms. The summed E-state index contributed by atoms with van der Waals surface area (Å²) < 4.78 is 33.8. The van der Waals surface area contributed by atoms with Gasteiger partial charge in [0.1, 0.15) is 23.1 Å². The SMILES string of the molecule is CCOc1cccc(NC2=C(c3ccc([N+](=O)[O-])cc3)C(=O)N(c3cc(F)ccc3F)C2=O)c1. The lowest BCUT2D eigenvalue weighted by molar-refractivity contribution is -0.384. The topological polar surface area (TPSA) is 102 Å². The Bertz CT molecular complexity index is 1340. The van der Waals surface area contributed by atoms with Gasteiger partial charge in [0.25, 0.3) is 17.5 Å². The molecule has 34 heavy (non-hydrogen) atoms. The molecule has 10 heteroatoms. The lowest BCUT2D eigenvalue weighted by Gasteiger charge is -2.16. The average molecular weight is 465 g/mol. The second kappa shape index (κ2) is 9.10. The van der Waals surface area contributed by atoms with Crippen molar-refractivity contribution in [2.24, 2.45) is 0 Å². The van der Waals surface area contributed by atoms with E-state index in [-0.39, 0.29) is 22.5 Å².